The Balaban J connectivity index is 2.24. The molecule has 0 saturated carbocycles. The fourth-order valence-electron chi connectivity index (χ4n) is 1.65. The Kier molecular flexibility index (Phi) is 4.30. The second-order valence-corrected chi connectivity index (χ2v) is 4.77. The molecule has 0 bridgehead atoms. The summed E-state index contributed by atoms with van der Waals surface area (Å²) in [5.41, 5.74) is 1.89. The summed E-state index contributed by atoms with van der Waals surface area (Å²) in [6.07, 6.45) is 0. The van der Waals surface area contributed by atoms with Crippen molar-refractivity contribution >= 4 is 40.5 Å². The quantitative estimate of drug-likeness (QED) is 0.887. The van der Waals surface area contributed by atoms with Crippen LogP contribution in [0.4, 0.5) is 11.4 Å². The van der Waals surface area contributed by atoms with Gasteiger partial charge in [0.05, 0.1) is 5.56 Å². The van der Waals surface area contributed by atoms with Crippen LogP contribution in [0, 0.1) is 0 Å². The predicted octanol–water partition coefficient (Wildman–Crippen LogP) is 4.29. The van der Waals surface area contributed by atoms with Gasteiger partial charge in [0.1, 0.15) is 0 Å². The van der Waals surface area contributed by atoms with Crippen LogP contribution in [0.25, 0.3) is 0 Å². The molecule has 3 nitrogen and oxygen atoms in total. The van der Waals surface area contributed by atoms with E-state index in [1.165, 1.54) is 0 Å². The number of carbonyl (C=O) groups excluding carboxylic acids is 1. The first kappa shape index (κ1) is 13.7. The van der Waals surface area contributed by atoms with Crippen LogP contribution in [0.2, 0.25) is 10.0 Å². The Hall–Kier alpha value is -1.71. The van der Waals surface area contributed by atoms with Gasteiger partial charge in [-0.3, -0.25) is 4.79 Å². The molecule has 0 aromatic heterocycles. The minimum absolute atomic E-state index is 0.228. The van der Waals surface area contributed by atoms with E-state index in [1.54, 1.807) is 49.5 Å². The highest BCUT2D eigenvalue weighted by Crippen LogP contribution is 2.22. The number of hydrogen-bond donors (Lipinski definition) is 2. The van der Waals surface area contributed by atoms with Crippen molar-refractivity contribution < 1.29 is 4.79 Å². The monoisotopic (exact) mass is 294 g/mol. The van der Waals surface area contributed by atoms with Gasteiger partial charge in [0, 0.05) is 28.5 Å². The van der Waals surface area contributed by atoms with E-state index in [1.807, 2.05) is 0 Å². The Morgan fingerprint density at radius 3 is 2.26 bits per heavy atom. The molecule has 0 aliphatic rings. The zero-order chi connectivity index (χ0) is 13.8. The number of hydrogen-bond acceptors (Lipinski definition) is 2. The highest BCUT2D eigenvalue weighted by Gasteiger charge is 2.11. The molecule has 0 saturated heterocycles. The summed E-state index contributed by atoms with van der Waals surface area (Å²) in [5.74, 6) is -0.228. The molecule has 0 heterocycles. The van der Waals surface area contributed by atoms with Crippen LogP contribution in [0.3, 0.4) is 0 Å². The van der Waals surface area contributed by atoms with Gasteiger partial charge in [-0.2, -0.15) is 0 Å². The predicted molar refractivity (Wildman–Crippen MR) is 80.4 cm³/mol. The Morgan fingerprint density at radius 1 is 1.00 bits per heavy atom. The van der Waals surface area contributed by atoms with Crippen LogP contribution in [0.1, 0.15) is 10.4 Å². The third-order valence-electron chi connectivity index (χ3n) is 2.60. The molecule has 2 aromatic rings. The molecule has 0 spiro atoms. The number of nitrogens with one attached hydrogen (secondary N) is 2. The summed E-state index contributed by atoms with van der Waals surface area (Å²) < 4.78 is 0. The summed E-state index contributed by atoms with van der Waals surface area (Å²) in [4.78, 5) is 12.2. The van der Waals surface area contributed by atoms with Crippen molar-refractivity contribution in [1.82, 2.24) is 0 Å². The molecule has 19 heavy (non-hydrogen) atoms. The highest BCUT2D eigenvalue weighted by molar-refractivity contribution is 6.31. The lowest BCUT2D eigenvalue weighted by Crippen LogP contribution is -2.13. The van der Waals surface area contributed by atoms with E-state index in [-0.39, 0.29) is 5.91 Å². The van der Waals surface area contributed by atoms with Gasteiger partial charge in [-0.1, -0.05) is 23.2 Å². The number of benzene rings is 2. The summed E-state index contributed by atoms with van der Waals surface area (Å²) in [5, 5.41) is 6.89. The number of amides is 1. The molecule has 98 valence electrons. The maximum Gasteiger partial charge on any atom is 0.257 e. The summed E-state index contributed by atoms with van der Waals surface area (Å²) in [7, 11) is 1.75. The summed E-state index contributed by atoms with van der Waals surface area (Å²) >= 11 is 11.7. The molecule has 2 aromatic carbocycles. The third kappa shape index (κ3) is 3.40. The molecular weight excluding hydrogens is 283 g/mol. The Bertz CT molecular complexity index is 597. The molecule has 0 aliphatic carbocycles. The van der Waals surface area contributed by atoms with Crippen molar-refractivity contribution in [2.75, 3.05) is 17.7 Å². The maximum absolute atomic E-state index is 12.2. The van der Waals surface area contributed by atoms with Gasteiger partial charge in [0.2, 0.25) is 0 Å². The topological polar surface area (TPSA) is 41.1 Å². The standard InChI is InChI=1S/C14H12Cl2N2O/c1-17-13-7-4-10(16)8-12(13)14(19)18-11-5-2-9(15)3-6-11/h2-8,17H,1H3,(H,18,19). The van der Waals surface area contributed by atoms with Crippen LogP contribution >= 0.6 is 23.2 Å². The lowest BCUT2D eigenvalue weighted by atomic mass is 10.1. The van der Waals surface area contributed by atoms with Crippen LogP contribution < -0.4 is 10.6 Å². The first-order valence-electron chi connectivity index (χ1n) is 5.64. The highest BCUT2D eigenvalue weighted by atomic mass is 35.5. The molecule has 0 unspecified atom stereocenters. The molecule has 2 rings (SSSR count). The molecule has 0 fully saturated rings. The lowest BCUT2D eigenvalue weighted by Gasteiger charge is -2.10. The zero-order valence-electron chi connectivity index (χ0n) is 10.2. The smallest absolute Gasteiger partial charge is 0.257 e. The van der Waals surface area contributed by atoms with Gasteiger partial charge >= 0.3 is 0 Å². The number of anilines is 2. The van der Waals surface area contributed by atoms with E-state index in [0.29, 0.717) is 21.3 Å². The van der Waals surface area contributed by atoms with Gasteiger partial charge in [-0.15, -0.1) is 0 Å². The lowest BCUT2D eigenvalue weighted by molar-refractivity contribution is 0.102. The summed E-state index contributed by atoms with van der Waals surface area (Å²) in [6, 6.07) is 12.0. The van der Waals surface area contributed by atoms with Gasteiger partial charge in [-0.05, 0) is 42.5 Å². The van der Waals surface area contributed by atoms with Crippen molar-refractivity contribution in [3.05, 3.63) is 58.1 Å². The zero-order valence-corrected chi connectivity index (χ0v) is 11.7. The fraction of sp³-hybridized carbons (Fsp3) is 0.0714. The van der Waals surface area contributed by atoms with Crippen molar-refractivity contribution in [2.45, 2.75) is 0 Å². The van der Waals surface area contributed by atoms with Crippen LogP contribution in [0.15, 0.2) is 42.5 Å². The van der Waals surface area contributed by atoms with E-state index in [2.05, 4.69) is 10.6 Å². The Labute approximate surface area is 121 Å². The number of rotatable bonds is 3. The Morgan fingerprint density at radius 2 is 1.63 bits per heavy atom. The van der Waals surface area contributed by atoms with Crippen molar-refractivity contribution in [3.8, 4) is 0 Å². The van der Waals surface area contributed by atoms with Crippen LogP contribution in [-0.4, -0.2) is 13.0 Å². The van der Waals surface area contributed by atoms with Gasteiger partial charge in [0.25, 0.3) is 5.91 Å². The molecule has 5 heteroatoms. The molecule has 0 aliphatic heterocycles. The van der Waals surface area contributed by atoms with E-state index in [0.717, 1.165) is 5.69 Å². The average Bonchev–Trinajstić information content (AvgIpc) is 2.41. The summed E-state index contributed by atoms with van der Waals surface area (Å²) in [6.45, 7) is 0. The second kappa shape index (κ2) is 5.95. The van der Waals surface area contributed by atoms with E-state index >= 15 is 0 Å². The minimum atomic E-state index is -0.228. The molecule has 2 N–H and O–H groups in total. The van der Waals surface area contributed by atoms with E-state index in [9.17, 15) is 4.79 Å². The van der Waals surface area contributed by atoms with Crippen LogP contribution in [0.5, 0.6) is 0 Å². The van der Waals surface area contributed by atoms with Crippen LogP contribution in [-0.2, 0) is 0 Å². The maximum atomic E-state index is 12.2. The molecule has 0 radical (unpaired) electrons. The first-order chi connectivity index (χ1) is 9.10. The van der Waals surface area contributed by atoms with Gasteiger partial charge in [-0.25, -0.2) is 0 Å². The molecule has 0 atom stereocenters. The number of halogens is 2. The van der Waals surface area contributed by atoms with E-state index < -0.39 is 0 Å². The van der Waals surface area contributed by atoms with Gasteiger partial charge < -0.3 is 10.6 Å². The van der Waals surface area contributed by atoms with Gasteiger partial charge in [0.15, 0.2) is 0 Å². The first-order valence-corrected chi connectivity index (χ1v) is 6.40. The molecule has 1 amide bonds. The fourth-order valence-corrected chi connectivity index (χ4v) is 1.95. The van der Waals surface area contributed by atoms with E-state index in [4.69, 9.17) is 23.2 Å². The SMILES string of the molecule is CNc1ccc(Cl)cc1C(=O)Nc1ccc(Cl)cc1. The largest absolute Gasteiger partial charge is 0.387 e. The normalized spacial score (nSPS) is 10.1. The second-order valence-electron chi connectivity index (χ2n) is 3.90. The third-order valence-corrected chi connectivity index (χ3v) is 3.08. The number of carbonyl (C=O) groups is 1. The van der Waals surface area contributed by atoms with Crippen molar-refractivity contribution in [3.63, 3.8) is 0 Å². The minimum Gasteiger partial charge on any atom is -0.387 e. The average molecular weight is 295 g/mol. The van der Waals surface area contributed by atoms with Crippen molar-refractivity contribution in [2.24, 2.45) is 0 Å². The van der Waals surface area contributed by atoms with Crippen molar-refractivity contribution in [1.29, 1.82) is 0 Å². The molecular formula is C14H12Cl2N2O.